The molecule has 0 aliphatic carbocycles. The minimum atomic E-state index is -1.65. The molecular formula is C25H14F4N4. The summed E-state index contributed by atoms with van der Waals surface area (Å²) in [6, 6.07) is 16.6. The number of halogens is 4. The van der Waals surface area contributed by atoms with Gasteiger partial charge in [-0.25, -0.2) is 27.5 Å². The number of para-hydroxylation sites is 1. The van der Waals surface area contributed by atoms with Crippen molar-refractivity contribution in [1.29, 1.82) is 0 Å². The Hall–Kier alpha value is -4.33. The van der Waals surface area contributed by atoms with Crippen molar-refractivity contribution in [3.63, 3.8) is 0 Å². The van der Waals surface area contributed by atoms with Gasteiger partial charge in [-0.2, -0.15) is 0 Å². The number of aromatic nitrogens is 3. The van der Waals surface area contributed by atoms with Gasteiger partial charge in [0, 0.05) is 40.2 Å². The number of fused-ring (bicyclic) bond motifs is 1. The Morgan fingerprint density at radius 2 is 1.42 bits per heavy atom. The molecule has 0 saturated carbocycles. The van der Waals surface area contributed by atoms with E-state index in [2.05, 4.69) is 20.3 Å². The summed E-state index contributed by atoms with van der Waals surface area (Å²) in [7, 11) is 0. The van der Waals surface area contributed by atoms with Gasteiger partial charge >= 0.3 is 0 Å². The maximum atomic E-state index is 14.8. The maximum Gasteiger partial charge on any atom is 0.195 e. The van der Waals surface area contributed by atoms with E-state index >= 15 is 0 Å². The van der Waals surface area contributed by atoms with Gasteiger partial charge in [-0.1, -0.05) is 12.1 Å². The predicted octanol–water partition coefficient (Wildman–Crippen LogP) is 6.66. The maximum absolute atomic E-state index is 14.8. The molecule has 3 aromatic carbocycles. The molecule has 0 aliphatic heterocycles. The van der Waals surface area contributed by atoms with E-state index in [0.29, 0.717) is 28.2 Å². The quantitative estimate of drug-likeness (QED) is 0.248. The zero-order valence-corrected chi connectivity index (χ0v) is 16.9. The minimum absolute atomic E-state index is 0.193. The van der Waals surface area contributed by atoms with E-state index in [-0.39, 0.29) is 11.1 Å². The van der Waals surface area contributed by atoms with Crippen molar-refractivity contribution >= 4 is 22.4 Å². The first-order valence-corrected chi connectivity index (χ1v) is 9.89. The molecule has 0 spiro atoms. The van der Waals surface area contributed by atoms with Gasteiger partial charge < -0.3 is 5.32 Å². The van der Waals surface area contributed by atoms with E-state index in [1.807, 2.05) is 24.3 Å². The normalized spacial score (nSPS) is 11.0. The number of rotatable bonds is 4. The predicted molar refractivity (Wildman–Crippen MR) is 118 cm³/mol. The summed E-state index contributed by atoms with van der Waals surface area (Å²) >= 11 is 0. The van der Waals surface area contributed by atoms with Crippen molar-refractivity contribution < 1.29 is 17.6 Å². The van der Waals surface area contributed by atoms with Crippen molar-refractivity contribution in [2.24, 2.45) is 0 Å². The van der Waals surface area contributed by atoms with Gasteiger partial charge in [0.2, 0.25) is 0 Å². The molecule has 8 heteroatoms. The first kappa shape index (κ1) is 20.6. The third kappa shape index (κ3) is 3.87. The van der Waals surface area contributed by atoms with Crippen LogP contribution >= 0.6 is 0 Å². The second kappa shape index (κ2) is 8.31. The highest BCUT2D eigenvalue weighted by molar-refractivity contribution is 5.92. The largest absolute Gasteiger partial charge is 0.340 e. The van der Waals surface area contributed by atoms with Crippen LogP contribution in [-0.4, -0.2) is 15.0 Å². The number of benzene rings is 3. The molecule has 0 bridgehead atoms. The second-order valence-electron chi connectivity index (χ2n) is 7.19. The van der Waals surface area contributed by atoms with Crippen molar-refractivity contribution in [2.45, 2.75) is 0 Å². The fraction of sp³-hybridized carbons (Fsp3) is 0. The molecule has 0 aliphatic rings. The molecule has 0 atom stereocenters. The molecule has 2 aromatic heterocycles. The van der Waals surface area contributed by atoms with Crippen LogP contribution in [0.1, 0.15) is 0 Å². The van der Waals surface area contributed by atoms with E-state index in [1.165, 1.54) is 12.1 Å². The van der Waals surface area contributed by atoms with Crippen LogP contribution in [0.3, 0.4) is 0 Å². The molecule has 5 rings (SSSR count). The fourth-order valence-electron chi connectivity index (χ4n) is 3.48. The molecule has 0 unspecified atom stereocenters. The van der Waals surface area contributed by atoms with E-state index in [4.69, 9.17) is 0 Å². The Kier molecular flexibility index (Phi) is 5.18. The van der Waals surface area contributed by atoms with Crippen LogP contribution in [-0.2, 0) is 0 Å². The summed E-state index contributed by atoms with van der Waals surface area (Å²) in [4.78, 5) is 13.2. The second-order valence-corrected chi connectivity index (χ2v) is 7.19. The molecule has 0 amide bonds. The smallest absolute Gasteiger partial charge is 0.195 e. The van der Waals surface area contributed by atoms with Gasteiger partial charge in [0.25, 0.3) is 0 Å². The molecule has 0 fully saturated rings. The lowest BCUT2D eigenvalue weighted by atomic mass is 10.0. The van der Waals surface area contributed by atoms with Crippen molar-refractivity contribution in [3.05, 3.63) is 102 Å². The van der Waals surface area contributed by atoms with E-state index in [0.717, 1.165) is 23.8 Å². The Balaban J connectivity index is 1.55. The highest BCUT2D eigenvalue weighted by Crippen LogP contribution is 2.32. The average Bonchev–Trinajstić information content (AvgIpc) is 2.84. The van der Waals surface area contributed by atoms with Gasteiger partial charge in [0.1, 0.15) is 11.6 Å². The highest BCUT2D eigenvalue weighted by atomic mass is 19.2. The lowest BCUT2D eigenvalue weighted by Crippen LogP contribution is -2.00. The number of nitrogens with one attached hydrogen (secondary N) is 1. The summed E-state index contributed by atoms with van der Waals surface area (Å²) < 4.78 is 55.8. The zero-order chi connectivity index (χ0) is 22.9. The van der Waals surface area contributed by atoms with Crippen LogP contribution < -0.4 is 5.32 Å². The van der Waals surface area contributed by atoms with Crippen LogP contribution in [0.5, 0.6) is 0 Å². The SMILES string of the molecule is Fc1cc(Nc2nc(-c3ccncc3)nc3ccccc23)ccc1-c1ccc(F)c(F)c1F. The monoisotopic (exact) mass is 446 g/mol. The van der Waals surface area contributed by atoms with Gasteiger partial charge in [-0.05, 0) is 54.6 Å². The van der Waals surface area contributed by atoms with E-state index < -0.39 is 23.3 Å². The van der Waals surface area contributed by atoms with Crippen molar-refractivity contribution in [3.8, 4) is 22.5 Å². The lowest BCUT2D eigenvalue weighted by molar-refractivity contribution is 0.448. The Morgan fingerprint density at radius 3 is 2.21 bits per heavy atom. The molecule has 0 saturated heterocycles. The third-order valence-corrected chi connectivity index (χ3v) is 5.10. The van der Waals surface area contributed by atoms with Crippen LogP contribution in [0.15, 0.2) is 79.1 Å². The van der Waals surface area contributed by atoms with Gasteiger partial charge in [-0.15, -0.1) is 0 Å². The Morgan fingerprint density at radius 1 is 0.667 bits per heavy atom. The number of hydrogen-bond acceptors (Lipinski definition) is 4. The van der Waals surface area contributed by atoms with Gasteiger partial charge in [0.05, 0.1) is 5.52 Å². The first-order valence-electron chi connectivity index (χ1n) is 9.89. The summed E-state index contributed by atoms with van der Waals surface area (Å²) in [5.74, 6) is -4.34. The average molecular weight is 446 g/mol. The summed E-state index contributed by atoms with van der Waals surface area (Å²) in [6.45, 7) is 0. The number of nitrogens with zero attached hydrogens (tertiary/aromatic N) is 3. The fourth-order valence-corrected chi connectivity index (χ4v) is 3.48. The number of pyridine rings is 1. The van der Waals surface area contributed by atoms with Crippen LogP contribution in [0.2, 0.25) is 0 Å². The van der Waals surface area contributed by atoms with Crippen molar-refractivity contribution in [2.75, 3.05) is 5.32 Å². The highest BCUT2D eigenvalue weighted by Gasteiger charge is 2.18. The molecule has 162 valence electrons. The standard InChI is InChI=1S/C25H14F4N4/c26-19-8-7-17(22(28)23(19)29)16-6-5-15(13-20(16)27)31-25-18-3-1-2-4-21(18)32-24(33-25)14-9-11-30-12-10-14/h1-13H,(H,31,32,33). The van der Waals surface area contributed by atoms with Gasteiger partial charge in [0.15, 0.2) is 23.3 Å². The molecule has 4 nitrogen and oxygen atoms in total. The molecule has 2 heterocycles. The third-order valence-electron chi connectivity index (χ3n) is 5.10. The Bertz CT molecular complexity index is 1490. The van der Waals surface area contributed by atoms with E-state index in [1.54, 1.807) is 24.5 Å². The van der Waals surface area contributed by atoms with Gasteiger partial charge in [-0.3, -0.25) is 4.98 Å². The zero-order valence-electron chi connectivity index (χ0n) is 16.9. The molecule has 1 N–H and O–H groups in total. The molecule has 5 aromatic rings. The number of anilines is 2. The van der Waals surface area contributed by atoms with Crippen LogP contribution in [0.4, 0.5) is 29.1 Å². The molecular weight excluding hydrogens is 432 g/mol. The Labute approximate surface area is 185 Å². The van der Waals surface area contributed by atoms with Crippen LogP contribution in [0, 0.1) is 23.3 Å². The minimum Gasteiger partial charge on any atom is -0.340 e. The molecule has 0 radical (unpaired) electrons. The molecule has 33 heavy (non-hydrogen) atoms. The van der Waals surface area contributed by atoms with Crippen LogP contribution in [0.25, 0.3) is 33.4 Å². The number of hydrogen-bond donors (Lipinski definition) is 1. The summed E-state index contributed by atoms with van der Waals surface area (Å²) in [6.07, 6.45) is 3.26. The lowest BCUT2D eigenvalue weighted by Gasteiger charge is -2.13. The van der Waals surface area contributed by atoms with E-state index in [9.17, 15) is 17.6 Å². The topological polar surface area (TPSA) is 50.7 Å². The van der Waals surface area contributed by atoms with Crippen molar-refractivity contribution in [1.82, 2.24) is 15.0 Å². The summed E-state index contributed by atoms with van der Waals surface area (Å²) in [5.41, 5.74) is 1.22. The summed E-state index contributed by atoms with van der Waals surface area (Å²) in [5, 5.41) is 3.79. The first-order chi connectivity index (χ1) is 16.0.